The first-order chi connectivity index (χ1) is 11.5. The number of aryl methyl sites for hydroxylation is 1. The maximum atomic E-state index is 12.9. The smallest absolute Gasteiger partial charge is 0.255 e. The minimum absolute atomic E-state index is 0.0639. The topological polar surface area (TPSA) is 80.1 Å². The third-order valence-electron chi connectivity index (χ3n) is 4.78. The van der Waals surface area contributed by atoms with Gasteiger partial charge in [-0.15, -0.1) is 0 Å². The zero-order chi connectivity index (χ0) is 17.3. The summed E-state index contributed by atoms with van der Waals surface area (Å²) in [5.74, 6) is 1.16. The molecule has 0 saturated heterocycles. The summed E-state index contributed by atoms with van der Waals surface area (Å²) >= 11 is 0. The van der Waals surface area contributed by atoms with E-state index < -0.39 is 0 Å². The lowest BCUT2D eigenvalue weighted by molar-refractivity contribution is 0.0933. The molecule has 0 radical (unpaired) electrons. The molecule has 2 heterocycles. The normalized spacial score (nSPS) is 16.8. The van der Waals surface area contributed by atoms with Crippen molar-refractivity contribution in [1.29, 1.82) is 0 Å². The van der Waals surface area contributed by atoms with Crippen LogP contribution in [-0.2, 0) is 0 Å². The van der Waals surface area contributed by atoms with Crippen molar-refractivity contribution in [3.8, 4) is 0 Å². The van der Waals surface area contributed by atoms with E-state index in [4.69, 9.17) is 4.42 Å². The molecule has 0 aromatic carbocycles. The maximum absolute atomic E-state index is 12.9. The second-order valence-corrected chi connectivity index (χ2v) is 6.99. The van der Waals surface area contributed by atoms with E-state index >= 15 is 0 Å². The highest BCUT2D eigenvalue weighted by Gasteiger charge is 2.38. The predicted octanol–water partition coefficient (Wildman–Crippen LogP) is 3.80. The summed E-state index contributed by atoms with van der Waals surface area (Å²) in [7, 11) is 0. The second kappa shape index (κ2) is 6.42. The van der Waals surface area contributed by atoms with Gasteiger partial charge in [0.15, 0.2) is 0 Å². The number of amides is 1. The lowest BCUT2D eigenvalue weighted by atomic mass is 10.1. The third kappa shape index (κ3) is 3.23. The Kier molecular flexibility index (Phi) is 4.47. The van der Waals surface area contributed by atoms with Crippen molar-refractivity contribution < 1.29 is 9.21 Å². The monoisotopic (exact) mass is 330 g/mol. The minimum Gasteiger partial charge on any atom is -0.442 e. The van der Waals surface area contributed by atoms with Crippen molar-refractivity contribution in [2.75, 3.05) is 5.32 Å². The van der Waals surface area contributed by atoms with Gasteiger partial charge in [0.05, 0.1) is 10.9 Å². The van der Waals surface area contributed by atoms with Crippen LogP contribution < -0.4 is 10.6 Å². The zero-order valence-electron chi connectivity index (χ0n) is 14.9. The van der Waals surface area contributed by atoms with Crippen LogP contribution in [0.25, 0.3) is 11.1 Å². The minimum atomic E-state index is -0.106. The van der Waals surface area contributed by atoms with E-state index in [0.717, 1.165) is 32.1 Å². The molecule has 0 spiro atoms. The van der Waals surface area contributed by atoms with E-state index in [0.29, 0.717) is 28.2 Å². The standard InChI is InChI=1S/C18H26N4O2/c1-5-7-12(6-2)21-16(23)13-11(3)24-17-14(13)15(19-10-20-17)22-18(4)8-9-18/h10,12H,5-9H2,1-4H3,(H,21,23)(H,19,20,22). The molecule has 24 heavy (non-hydrogen) atoms. The highest BCUT2D eigenvalue weighted by Crippen LogP contribution is 2.40. The van der Waals surface area contributed by atoms with Gasteiger partial charge in [-0.1, -0.05) is 20.3 Å². The Morgan fingerprint density at radius 2 is 2.12 bits per heavy atom. The Morgan fingerprint density at radius 3 is 2.75 bits per heavy atom. The number of nitrogens with zero attached hydrogens (tertiary/aromatic N) is 2. The average Bonchev–Trinajstić information content (AvgIpc) is 3.15. The Labute approximate surface area is 142 Å². The Hall–Kier alpha value is -2.11. The van der Waals surface area contributed by atoms with Gasteiger partial charge in [0, 0.05) is 11.6 Å². The average molecular weight is 330 g/mol. The summed E-state index contributed by atoms with van der Waals surface area (Å²) in [5, 5.41) is 7.26. The van der Waals surface area contributed by atoms with Gasteiger partial charge in [0.2, 0.25) is 5.71 Å². The quantitative estimate of drug-likeness (QED) is 0.807. The molecule has 6 nitrogen and oxygen atoms in total. The predicted molar refractivity (Wildman–Crippen MR) is 94.3 cm³/mol. The number of carbonyl (C=O) groups excluding carboxylic acids is 1. The Morgan fingerprint density at radius 1 is 1.38 bits per heavy atom. The van der Waals surface area contributed by atoms with Crippen LogP contribution in [0.4, 0.5) is 5.82 Å². The first-order valence-electron chi connectivity index (χ1n) is 8.80. The van der Waals surface area contributed by atoms with E-state index in [9.17, 15) is 4.79 Å². The van der Waals surface area contributed by atoms with E-state index in [2.05, 4.69) is 41.4 Å². The molecule has 1 atom stereocenters. The van der Waals surface area contributed by atoms with E-state index in [1.54, 1.807) is 6.92 Å². The van der Waals surface area contributed by atoms with Crippen LogP contribution in [0.5, 0.6) is 0 Å². The Bertz CT molecular complexity index is 749. The van der Waals surface area contributed by atoms with Crippen molar-refractivity contribution in [2.24, 2.45) is 0 Å². The van der Waals surface area contributed by atoms with Gasteiger partial charge < -0.3 is 15.1 Å². The Balaban J connectivity index is 1.97. The van der Waals surface area contributed by atoms with Gasteiger partial charge in [-0.3, -0.25) is 4.79 Å². The molecule has 2 N–H and O–H groups in total. The summed E-state index contributed by atoms with van der Waals surface area (Å²) in [6.45, 7) is 8.17. The number of hydrogen-bond donors (Lipinski definition) is 2. The summed E-state index contributed by atoms with van der Waals surface area (Å²) < 4.78 is 5.72. The van der Waals surface area contributed by atoms with Crippen LogP contribution in [0.15, 0.2) is 10.7 Å². The van der Waals surface area contributed by atoms with Crippen LogP contribution >= 0.6 is 0 Å². The summed E-state index contributed by atoms with van der Waals surface area (Å²) in [5.41, 5.74) is 1.07. The summed E-state index contributed by atoms with van der Waals surface area (Å²) in [6.07, 6.45) is 6.60. The van der Waals surface area contributed by atoms with Crippen LogP contribution in [0.1, 0.15) is 69.0 Å². The highest BCUT2D eigenvalue weighted by molar-refractivity contribution is 6.10. The van der Waals surface area contributed by atoms with Gasteiger partial charge in [0.1, 0.15) is 17.9 Å². The lowest BCUT2D eigenvalue weighted by Crippen LogP contribution is -2.34. The van der Waals surface area contributed by atoms with Crippen molar-refractivity contribution >= 4 is 22.8 Å². The number of furan rings is 1. The number of fused-ring (bicyclic) bond motifs is 1. The van der Waals surface area contributed by atoms with Crippen molar-refractivity contribution in [3.63, 3.8) is 0 Å². The molecule has 1 amide bonds. The molecule has 2 aromatic heterocycles. The molecule has 1 aliphatic rings. The van der Waals surface area contributed by atoms with E-state index in [1.807, 2.05) is 0 Å². The third-order valence-corrected chi connectivity index (χ3v) is 4.78. The molecule has 0 aliphatic heterocycles. The molecule has 1 saturated carbocycles. The highest BCUT2D eigenvalue weighted by atomic mass is 16.3. The summed E-state index contributed by atoms with van der Waals surface area (Å²) in [6, 6.07) is 0.175. The second-order valence-electron chi connectivity index (χ2n) is 6.99. The van der Waals surface area contributed by atoms with Crippen molar-refractivity contribution in [2.45, 2.75) is 71.4 Å². The first kappa shape index (κ1) is 16.7. The zero-order valence-corrected chi connectivity index (χ0v) is 14.9. The number of hydrogen-bond acceptors (Lipinski definition) is 5. The van der Waals surface area contributed by atoms with Crippen LogP contribution in [0.3, 0.4) is 0 Å². The van der Waals surface area contributed by atoms with Gasteiger partial charge in [-0.05, 0) is 39.5 Å². The first-order valence-corrected chi connectivity index (χ1v) is 8.80. The van der Waals surface area contributed by atoms with Crippen LogP contribution in [-0.4, -0.2) is 27.5 Å². The van der Waals surface area contributed by atoms with Crippen LogP contribution in [0.2, 0.25) is 0 Å². The number of carbonyl (C=O) groups is 1. The molecule has 1 fully saturated rings. The molecule has 2 aromatic rings. The molecule has 3 rings (SSSR count). The number of rotatable bonds is 7. The van der Waals surface area contributed by atoms with E-state index in [-0.39, 0.29) is 17.5 Å². The molecule has 1 aliphatic carbocycles. The largest absolute Gasteiger partial charge is 0.442 e. The molecular formula is C18H26N4O2. The van der Waals surface area contributed by atoms with E-state index in [1.165, 1.54) is 6.33 Å². The van der Waals surface area contributed by atoms with Gasteiger partial charge in [-0.25, -0.2) is 9.97 Å². The number of nitrogens with one attached hydrogen (secondary N) is 2. The molecular weight excluding hydrogens is 304 g/mol. The fourth-order valence-electron chi connectivity index (χ4n) is 3.00. The summed E-state index contributed by atoms with van der Waals surface area (Å²) in [4.78, 5) is 21.4. The molecule has 0 bridgehead atoms. The SMILES string of the molecule is CCCC(CC)NC(=O)c1c(C)oc2ncnc(NC3(C)CC3)c12. The van der Waals surface area contributed by atoms with Crippen LogP contribution in [0, 0.1) is 6.92 Å². The van der Waals surface area contributed by atoms with Gasteiger partial charge in [0.25, 0.3) is 5.91 Å². The van der Waals surface area contributed by atoms with Gasteiger partial charge >= 0.3 is 0 Å². The lowest BCUT2D eigenvalue weighted by Gasteiger charge is -2.17. The van der Waals surface area contributed by atoms with Crippen molar-refractivity contribution in [3.05, 3.63) is 17.7 Å². The fraction of sp³-hybridized carbons (Fsp3) is 0.611. The number of anilines is 1. The molecule has 1 unspecified atom stereocenters. The van der Waals surface area contributed by atoms with Gasteiger partial charge in [-0.2, -0.15) is 0 Å². The molecule has 130 valence electrons. The fourth-order valence-corrected chi connectivity index (χ4v) is 3.00. The maximum Gasteiger partial charge on any atom is 0.255 e. The number of aromatic nitrogens is 2. The van der Waals surface area contributed by atoms with Crippen molar-refractivity contribution in [1.82, 2.24) is 15.3 Å². The molecule has 6 heteroatoms.